The lowest BCUT2D eigenvalue weighted by atomic mass is 10.2. The zero-order chi connectivity index (χ0) is 15.3. The molecule has 6 nitrogen and oxygen atoms in total. The van der Waals surface area contributed by atoms with Crippen LogP contribution >= 0.6 is 15.9 Å². The number of nitrogens with one attached hydrogen (secondary N) is 1. The molecule has 3 N–H and O–H groups in total. The van der Waals surface area contributed by atoms with Crippen LogP contribution in [-0.4, -0.2) is 46.8 Å². The normalized spacial score (nSPS) is 11.8. The number of benzene rings is 1. The van der Waals surface area contributed by atoms with Gasteiger partial charge < -0.3 is 20.4 Å². The average molecular weight is 345 g/mol. The first-order valence-corrected chi connectivity index (χ1v) is 6.83. The fourth-order valence-electron chi connectivity index (χ4n) is 1.49. The molecule has 0 saturated heterocycles. The molecule has 2 amide bonds. The van der Waals surface area contributed by atoms with Crippen LogP contribution < -0.4 is 5.32 Å². The van der Waals surface area contributed by atoms with Crippen molar-refractivity contribution in [1.29, 1.82) is 0 Å². The van der Waals surface area contributed by atoms with Gasteiger partial charge in [-0.1, -0.05) is 15.9 Å². The van der Waals surface area contributed by atoms with Crippen molar-refractivity contribution in [2.24, 2.45) is 0 Å². The van der Waals surface area contributed by atoms with E-state index in [1.54, 1.807) is 20.0 Å². The van der Waals surface area contributed by atoms with Crippen LogP contribution in [0, 0.1) is 0 Å². The van der Waals surface area contributed by atoms with Crippen LogP contribution in [0.1, 0.15) is 23.7 Å². The molecule has 0 bridgehead atoms. The minimum absolute atomic E-state index is 0.0845. The number of carboxylic acid groups (broad SMARTS) is 1. The van der Waals surface area contributed by atoms with E-state index in [4.69, 9.17) is 5.11 Å². The first-order chi connectivity index (χ1) is 9.29. The second kappa shape index (κ2) is 7.25. The quantitative estimate of drug-likeness (QED) is 0.764. The summed E-state index contributed by atoms with van der Waals surface area (Å²) >= 11 is 3.20. The van der Waals surface area contributed by atoms with Crippen molar-refractivity contribution in [1.82, 2.24) is 4.90 Å². The molecule has 0 aliphatic carbocycles. The summed E-state index contributed by atoms with van der Waals surface area (Å²) < 4.78 is 0.569. The Morgan fingerprint density at radius 1 is 1.40 bits per heavy atom. The molecule has 1 aromatic carbocycles. The molecule has 1 atom stereocenters. The summed E-state index contributed by atoms with van der Waals surface area (Å²) in [5.41, 5.74) is 0.479. The van der Waals surface area contributed by atoms with Gasteiger partial charge in [-0.05, 0) is 31.5 Å². The third-order valence-electron chi connectivity index (χ3n) is 2.62. The molecule has 1 unspecified atom stereocenters. The number of anilines is 1. The summed E-state index contributed by atoms with van der Waals surface area (Å²) in [5, 5.41) is 20.7. The number of rotatable bonds is 5. The predicted octanol–water partition coefficient (Wildman–Crippen LogP) is 2.38. The van der Waals surface area contributed by atoms with Crippen molar-refractivity contribution in [2.45, 2.75) is 19.4 Å². The van der Waals surface area contributed by atoms with Crippen molar-refractivity contribution >= 4 is 33.6 Å². The monoisotopic (exact) mass is 344 g/mol. The van der Waals surface area contributed by atoms with Crippen molar-refractivity contribution in [2.75, 3.05) is 18.9 Å². The first kappa shape index (κ1) is 16.5. The van der Waals surface area contributed by atoms with E-state index in [2.05, 4.69) is 21.2 Å². The Hall–Kier alpha value is -1.60. The number of amides is 2. The van der Waals surface area contributed by atoms with Gasteiger partial charge in [0.15, 0.2) is 0 Å². The van der Waals surface area contributed by atoms with E-state index in [0.29, 0.717) is 23.1 Å². The second-order valence-corrected chi connectivity index (χ2v) is 5.44. The van der Waals surface area contributed by atoms with E-state index >= 15 is 0 Å². The fraction of sp³-hybridized carbons (Fsp3) is 0.385. The molecule has 7 heteroatoms. The highest BCUT2D eigenvalue weighted by Gasteiger charge is 2.12. The Morgan fingerprint density at radius 3 is 2.60 bits per heavy atom. The van der Waals surface area contributed by atoms with Gasteiger partial charge in [0.1, 0.15) is 0 Å². The predicted molar refractivity (Wildman–Crippen MR) is 79.0 cm³/mol. The van der Waals surface area contributed by atoms with E-state index in [9.17, 15) is 14.7 Å². The highest BCUT2D eigenvalue weighted by atomic mass is 79.9. The molecule has 0 aromatic heterocycles. The zero-order valence-corrected chi connectivity index (χ0v) is 12.8. The summed E-state index contributed by atoms with van der Waals surface area (Å²) in [5.74, 6) is -1.07. The Morgan fingerprint density at radius 2 is 2.05 bits per heavy atom. The molecule has 110 valence electrons. The molecule has 0 saturated carbocycles. The van der Waals surface area contributed by atoms with Gasteiger partial charge in [0.2, 0.25) is 0 Å². The van der Waals surface area contributed by atoms with Gasteiger partial charge in [-0.2, -0.15) is 0 Å². The number of nitrogens with zero attached hydrogens (tertiary/aromatic N) is 1. The van der Waals surface area contributed by atoms with Crippen LogP contribution in [0.15, 0.2) is 22.7 Å². The molecule has 1 aromatic rings. The van der Waals surface area contributed by atoms with Crippen LogP contribution in [-0.2, 0) is 0 Å². The number of aliphatic hydroxyl groups excluding tert-OH is 1. The summed E-state index contributed by atoms with van der Waals surface area (Å²) in [4.78, 5) is 24.2. The molecule has 20 heavy (non-hydrogen) atoms. The van der Waals surface area contributed by atoms with E-state index < -0.39 is 12.1 Å². The van der Waals surface area contributed by atoms with Crippen molar-refractivity contribution < 1.29 is 19.8 Å². The lowest BCUT2D eigenvalue weighted by Crippen LogP contribution is -2.33. The maximum atomic E-state index is 11.9. The number of aliphatic hydroxyl groups is 1. The van der Waals surface area contributed by atoms with Crippen molar-refractivity contribution in [3.8, 4) is 0 Å². The minimum Gasteiger partial charge on any atom is -0.478 e. The third kappa shape index (κ3) is 5.18. The molecule has 0 aliphatic heterocycles. The standard InChI is InChI=1S/C13H17BrN2O4/c1-8(17)3-4-16(2)13(20)15-11-6-9(12(18)19)5-10(14)7-11/h5-8,17H,3-4H2,1-2H3,(H,15,20)(H,18,19). The van der Waals surface area contributed by atoms with Gasteiger partial charge in [0, 0.05) is 23.8 Å². The molecular formula is C13H17BrN2O4. The van der Waals surface area contributed by atoms with Gasteiger partial charge in [0.05, 0.1) is 11.7 Å². The fourth-order valence-corrected chi connectivity index (χ4v) is 1.98. The first-order valence-electron chi connectivity index (χ1n) is 6.03. The van der Waals surface area contributed by atoms with Crippen LogP contribution in [0.25, 0.3) is 0 Å². The molecule has 0 fully saturated rings. The number of hydrogen-bond donors (Lipinski definition) is 3. The molecule has 0 radical (unpaired) electrons. The second-order valence-electron chi connectivity index (χ2n) is 4.52. The summed E-state index contributed by atoms with van der Waals surface area (Å²) in [6, 6.07) is 4.09. The van der Waals surface area contributed by atoms with Gasteiger partial charge in [-0.15, -0.1) is 0 Å². The highest BCUT2D eigenvalue weighted by Crippen LogP contribution is 2.20. The lowest BCUT2D eigenvalue weighted by molar-refractivity contribution is 0.0696. The van der Waals surface area contributed by atoms with Crippen molar-refractivity contribution in [3.05, 3.63) is 28.2 Å². The minimum atomic E-state index is -1.07. The maximum absolute atomic E-state index is 11.9. The van der Waals surface area contributed by atoms with Crippen LogP contribution in [0.2, 0.25) is 0 Å². The van der Waals surface area contributed by atoms with Crippen LogP contribution in [0.3, 0.4) is 0 Å². The Kier molecular flexibility index (Phi) is 5.97. The Bertz CT molecular complexity index is 505. The van der Waals surface area contributed by atoms with Gasteiger partial charge in [-0.3, -0.25) is 0 Å². The maximum Gasteiger partial charge on any atom is 0.335 e. The lowest BCUT2D eigenvalue weighted by Gasteiger charge is -2.19. The Balaban J connectivity index is 2.72. The largest absolute Gasteiger partial charge is 0.478 e. The van der Waals surface area contributed by atoms with E-state index in [0.717, 1.165) is 0 Å². The number of carboxylic acids is 1. The van der Waals surface area contributed by atoms with Gasteiger partial charge in [0.25, 0.3) is 0 Å². The van der Waals surface area contributed by atoms with E-state index in [-0.39, 0.29) is 11.6 Å². The summed E-state index contributed by atoms with van der Waals surface area (Å²) in [6.07, 6.45) is -0.00212. The molecule has 1 rings (SSSR count). The summed E-state index contributed by atoms with van der Waals surface area (Å²) in [7, 11) is 1.60. The van der Waals surface area contributed by atoms with E-state index in [1.165, 1.54) is 17.0 Å². The number of hydrogen-bond acceptors (Lipinski definition) is 3. The SMILES string of the molecule is CC(O)CCN(C)C(=O)Nc1cc(Br)cc(C(=O)O)c1. The molecule has 0 spiro atoms. The summed E-state index contributed by atoms with van der Waals surface area (Å²) in [6.45, 7) is 2.06. The highest BCUT2D eigenvalue weighted by molar-refractivity contribution is 9.10. The van der Waals surface area contributed by atoms with Gasteiger partial charge >= 0.3 is 12.0 Å². The number of halogens is 1. The molecule has 0 heterocycles. The van der Waals surface area contributed by atoms with Gasteiger partial charge in [-0.25, -0.2) is 9.59 Å². The number of aromatic carboxylic acids is 1. The van der Waals surface area contributed by atoms with E-state index in [1.807, 2.05) is 0 Å². The number of carbonyl (C=O) groups excluding carboxylic acids is 1. The number of urea groups is 1. The van der Waals surface area contributed by atoms with Crippen LogP contribution in [0.4, 0.5) is 10.5 Å². The molecular weight excluding hydrogens is 328 g/mol. The van der Waals surface area contributed by atoms with Crippen molar-refractivity contribution in [3.63, 3.8) is 0 Å². The number of carbonyl (C=O) groups is 2. The third-order valence-corrected chi connectivity index (χ3v) is 3.08. The smallest absolute Gasteiger partial charge is 0.335 e. The van der Waals surface area contributed by atoms with Crippen LogP contribution in [0.5, 0.6) is 0 Å². The average Bonchev–Trinajstić information content (AvgIpc) is 2.34. The zero-order valence-electron chi connectivity index (χ0n) is 11.3. The Labute approximate surface area is 125 Å². The topological polar surface area (TPSA) is 89.9 Å². The molecule has 0 aliphatic rings.